The van der Waals surface area contributed by atoms with Gasteiger partial charge in [-0.05, 0) is 36.5 Å². The number of rotatable bonds is 4. The van der Waals surface area contributed by atoms with E-state index in [1.165, 1.54) is 51.9 Å². The molecule has 1 aliphatic carbocycles. The average molecular weight is 278 g/mol. The van der Waals surface area contributed by atoms with Crippen LogP contribution in [0.2, 0.25) is 0 Å². The number of hydrogen-bond acceptors (Lipinski definition) is 4. The Bertz CT molecular complexity index is 464. The molecule has 4 heteroatoms. The highest BCUT2D eigenvalue weighted by Crippen LogP contribution is 2.36. The summed E-state index contributed by atoms with van der Waals surface area (Å²) in [5, 5.41) is 10.1. The lowest BCUT2D eigenvalue weighted by Crippen LogP contribution is -2.15. The molecule has 0 heterocycles. The van der Waals surface area contributed by atoms with E-state index in [2.05, 4.69) is 4.74 Å². The van der Waals surface area contributed by atoms with E-state index in [9.17, 15) is 9.90 Å². The van der Waals surface area contributed by atoms with E-state index in [-0.39, 0.29) is 0 Å². The molecule has 1 saturated carbocycles. The molecule has 1 N–H and O–H groups in total. The molecule has 0 amide bonds. The minimum atomic E-state index is -1.29. The SMILES string of the molecule is COC(=O)C(O)c1cc(C2CCCCC2)ccc1OC. The first-order chi connectivity index (χ1) is 9.67. The maximum absolute atomic E-state index is 11.5. The van der Waals surface area contributed by atoms with Crippen molar-refractivity contribution >= 4 is 5.97 Å². The smallest absolute Gasteiger partial charge is 0.339 e. The first kappa shape index (κ1) is 14.9. The first-order valence-electron chi connectivity index (χ1n) is 7.11. The van der Waals surface area contributed by atoms with Crippen molar-refractivity contribution in [3.05, 3.63) is 29.3 Å². The molecule has 0 aromatic heterocycles. The third kappa shape index (κ3) is 3.12. The monoisotopic (exact) mass is 278 g/mol. The lowest BCUT2D eigenvalue weighted by Gasteiger charge is -2.23. The lowest BCUT2D eigenvalue weighted by atomic mass is 9.83. The van der Waals surface area contributed by atoms with Crippen LogP contribution in [0.1, 0.15) is 55.3 Å². The van der Waals surface area contributed by atoms with Gasteiger partial charge in [-0.3, -0.25) is 0 Å². The number of benzene rings is 1. The summed E-state index contributed by atoms with van der Waals surface area (Å²) in [6, 6.07) is 5.74. The molecule has 1 atom stereocenters. The third-order valence-corrected chi connectivity index (χ3v) is 4.05. The van der Waals surface area contributed by atoms with Gasteiger partial charge in [-0.15, -0.1) is 0 Å². The predicted octanol–water partition coefficient (Wildman–Crippen LogP) is 2.95. The van der Waals surface area contributed by atoms with Gasteiger partial charge in [0.15, 0.2) is 6.10 Å². The van der Waals surface area contributed by atoms with Crippen LogP contribution in [0.15, 0.2) is 18.2 Å². The molecule has 0 aliphatic heterocycles. The van der Waals surface area contributed by atoms with Gasteiger partial charge in [-0.2, -0.15) is 0 Å². The van der Waals surface area contributed by atoms with Gasteiger partial charge in [-0.1, -0.05) is 25.3 Å². The molecule has 0 radical (unpaired) electrons. The number of carbonyl (C=O) groups is 1. The van der Waals surface area contributed by atoms with Gasteiger partial charge in [0.1, 0.15) is 5.75 Å². The van der Waals surface area contributed by atoms with E-state index in [1.807, 2.05) is 18.2 Å². The highest BCUT2D eigenvalue weighted by Gasteiger charge is 2.24. The van der Waals surface area contributed by atoms with Crippen LogP contribution >= 0.6 is 0 Å². The summed E-state index contributed by atoms with van der Waals surface area (Å²) in [6.45, 7) is 0. The number of ether oxygens (including phenoxy) is 2. The summed E-state index contributed by atoms with van der Waals surface area (Å²) in [5.41, 5.74) is 1.66. The molecule has 2 rings (SSSR count). The van der Waals surface area contributed by atoms with Crippen molar-refractivity contribution in [2.24, 2.45) is 0 Å². The van der Waals surface area contributed by atoms with Crippen LogP contribution in [0.25, 0.3) is 0 Å². The predicted molar refractivity (Wildman–Crippen MR) is 75.8 cm³/mol. The molecular weight excluding hydrogens is 256 g/mol. The molecule has 4 nitrogen and oxygen atoms in total. The summed E-state index contributed by atoms with van der Waals surface area (Å²) in [5.74, 6) is 0.366. The molecular formula is C16H22O4. The number of esters is 1. The second-order valence-corrected chi connectivity index (χ2v) is 5.26. The van der Waals surface area contributed by atoms with Crippen LogP contribution in [0.4, 0.5) is 0 Å². The van der Waals surface area contributed by atoms with Crippen LogP contribution in [0.3, 0.4) is 0 Å². The van der Waals surface area contributed by atoms with Crippen molar-refractivity contribution in [2.45, 2.75) is 44.1 Å². The van der Waals surface area contributed by atoms with Crippen LogP contribution < -0.4 is 4.74 Å². The van der Waals surface area contributed by atoms with Crippen molar-refractivity contribution in [3.8, 4) is 5.75 Å². The molecule has 0 spiro atoms. The Labute approximate surface area is 119 Å². The second kappa shape index (κ2) is 6.75. The van der Waals surface area contributed by atoms with E-state index in [4.69, 9.17) is 4.74 Å². The Hall–Kier alpha value is -1.55. The van der Waals surface area contributed by atoms with Gasteiger partial charge in [0.2, 0.25) is 0 Å². The summed E-state index contributed by atoms with van der Waals surface area (Å²) < 4.78 is 9.84. The van der Waals surface area contributed by atoms with E-state index in [0.29, 0.717) is 17.2 Å². The minimum Gasteiger partial charge on any atom is -0.496 e. The number of hydrogen-bond donors (Lipinski definition) is 1. The third-order valence-electron chi connectivity index (χ3n) is 4.05. The first-order valence-corrected chi connectivity index (χ1v) is 7.11. The molecule has 0 bridgehead atoms. The summed E-state index contributed by atoms with van der Waals surface area (Å²) in [4.78, 5) is 11.5. The topological polar surface area (TPSA) is 55.8 Å². The Morgan fingerprint density at radius 2 is 1.95 bits per heavy atom. The van der Waals surface area contributed by atoms with Crippen LogP contribution in [0.5, 0.6) is 5.75 Å². The van der Waals surface area contributed by atoms with Crippen molar-refractivity contribution in [1.29, 1.82) is 0 Å². The normalized spacial score (nSPS) is 17.6. The molecule has 110 valence electrons. The van der Waals surface area contributed by atoms with Gasteiger partial charge in [0, 0.05) is 5.56 Å². The van der Waals surface area contributed by atoms with E-state index in [1.54, 1.807) is 0 Å². The van der Waals surface area contributed by atoms with Gasteiger partial charge < -0.3 is 14.6 Å². The maximum Gasteiger partial charge on any atom is 0.339 e. The van der Waals surface area contributed by atoms with Crippen molar-refractivity contribution in [3.63, 3.8) is 0 Å². The fourth-order valence-corrected chi connectivity index (χ4v) is 2.89. The molecule has 1 fully saturated rings. The minimum absolute atomic E-state index is 0.488. The van der Waals surface area contributed by atoms with E-state index in [0.717, 1.165) is 0 Å². The molecule has 20 heavy (non-hydrogen) atoms. The highest BCUT2D eigenvalue weighted by atomic mass is 16.5. The van der Waals surface area contributed by atoms with Gasteiger partial charge in [0.05, 0.1) is 14.2 Å². The number of methoxy groups -OCH3 is 2. The summed E-state index contributed by atoms with van der Waals surface area (Å²) in [7, 11) is 2.80. The van der Waals surface area contributed by atoms with E-state index < -0.39 is 12.1 Å². The Morgan fingerprint density at radius 3 is 2.55 bits per heavy atom. The number of aliphatic hydroxyl groups is 1. The fourth-order valence-electron chi connectivity index (χ4n) is 2.89. The maximum atomic E-state index is 11.5. The molecule has 1 aromatic rings. The van der Waals surface area contributed by atoms with Gasteiger partial charge in [-0.25, -0.2) is 4.79 Å². The molecule has 0 saturated heterocycles. The molecule has 1 aliphatic rings. The lowest BCUT2D eigenvalue weighted by molar-refractivity contribution is -0.150. The van der Waals surface area contributed by atoms with Crippen LogP contribution in [-0.4, -0.2) is 25.3 Å². The zero-order valence-electron chi connectivity index (χ0n) is 12.1. The van der Waals surface area contributed by atoms with E-state index >= 15 is 0 Å². The quantitative estimate of drug-likeness (QED) is 0.860. The van der Waals surface area contributed by atoms with Gasteiger partial charge in [0.25, 0.3) is 0 Å². The Kier molecular flexibility index (Phi) is 5.01. The number of aliphatic hydroxyl groups excluding tert-OH is 1. The largest absolute Gasteiger partial charge is 0.496 e. The Balaban J connectivity index is 2.30. The van der Waals surface area contributed by atoms with Crippen LogP contribution in [0, 0.1) is 0 Å². The fraction of sp³-hybridized carbons (Fsp3) is 0.562. The van der Waals surface area contributed by atoms with Crippen molar-refractivity contribution < 1.29 is 19.4 Å². The van der Waals surface area contributed by atoms with Crippen LogP contribution in [-0.2, 0) is 9.53 Å². The van der Waals surface area contributed by atoms with Crippen molar-refractivity contribution in [2.75, 3.05) is 14.2 Å². The summed E-state index contributed by atoms with van der Waals surface area (Å²) in [6.07, 6.45) is 4.82. The standard InChI is InChI=1S/C16H22O4/c1-19-14-9-8-12(11-6-4-3-5-7-11)10-13(14)15(17)16(18)20-2/h8-11,15,17H,3-7H2,1-2H3. The zero-order valence-corrected chi connectivity index (χ0v) is 12.1. The second-order valence-electron chi connectivity index (χ2n) is 5.26. The highest BCUT2D eigenvalue weighted by molar-refractivity contribution is 5.77. The average Bonchev–Trinajstić information content (AvgIpc) is 2.53. The van der Waals surface area contributed by atoms with Gasteiger partial charge >= 0.3 is 5.97 Å². The van der Waals surface area contributed by atoms with Crippen molar-refractivity contribution in [1.82, 2.24) is 0 Å². The molecule has 1 unspecified atom stereocenters. The zero-order chi connectivity index (χ0) is 14.5. The number of carbonyl (C=O) groups excluding carboxylic acids is 1. The summed E-state index contributed by atoms with van der Waals surface area (Å²) >= 11 is 0. The molecule has 1 aromatic carbocycles. The Morgan fingerprint density at radius 1 is 1.25 bits per heavy atom.